The molecule has 2 rings (SSSR count). The van der Waals surface area contributed by atoms with Gasteiger partial charge in [0.25, 0.3) is 0 Å². The monoisotopic (exact) mass is 350 g/mol. The van der Waals surface area contributed by atoms with E-state index in [1.807, 2.05) is 0 Å². The molecule has 2 N–H and O–H groups in total. The standard InChI is InChI=1S/C18H17F3N2O2/c1-12(24)13-6-8-14(9-7-13)23-17(25)10-11-22-16-5-3-2-4-15(16)18(19,20)21/h2-9,22H,10-11H2,1H3,(H,23,25). The summed E-state index contributed by atoms with van der Waals surface area (Å²) in [7, 11) is 0. The first-order valence-corrected chi connectivity index (χ1v) is 7.58. The van der Waals surface area contributed by atoms with Crippen LogP contribution in [0.2, 0.25) is 0 Å². The Kier molecular flexibility index (Phi) is 5.80. The van der Waals surface area contributed by atoms with Crippen molar-refractivity contribution in [2.24, 2.45) is 0 Å². The molecule has 2 aromatic carbocycles. The summed E-state index contributed by atoms with van der Waals surface area (Å²) >= 11 is 0. The van der Waals surface area contributed by atoms with E-state index in [0.717, 1.165) is 6.07 Å². The number of ketones is 1. The van der Waals surface area contributed by atoms with E-state index in [9.17, 15) is 22.8 Å². The highest BCUT2D eigenvalue weighted by atomic mass is 19.4. The van der Waals surface area contributed by atoms with Crippen LogP contribution in [0.5, 0.6) is 0 Å². The molecule has 0 heterocycles. The van der Waals surface area contributed by atoms with Gasteiger partial charge >= 0.3 is 6.18 Å². The molecule has 132 valence electrons. The summed E-state index contributed by atoms with van der Waals surface area (Å²) in [6, 6.07) is 11.5. The predicted molar refractivity (Wildman–Crippen MR) is 89.6 cm³/mol. The molecule has 0 unspecified atom stereocenters. The number of carbonyl (C=O) groups is 2. The Hall–Kier alpha value is -2.83. The molecule has 0 aliphatic carbocycles. The van der Waals surface area contributed by atoms with Gasteiger partial charge < -0.3 is 10.6 Å². The topological polar surface area (TPSA) is 58.2 Å². The number of benzene rings is 2. The van der Waals surface area contributed by atoms with Gasteiger partial charge in [0.05, 0.1) is 5.56 Å². The van der Waals surface area contributed by atoms with Crippen LogP contribution in [0.15, 0.2) is 48.5 Å². The number of halogens is 3. The third kappa shape index (κ3) is 5.34. The van der Waals surface area contributed by atoms with Gasteiger partial charge in [-0.1, -0.05) is 12.1 Å². The minimum atomic E-state index is -4.45. The summed E-state index contributed by atoms with van der Waals surface area (Å²) in [4.78, 5) is 23.0. The van der Waals surface area contributed by atoms with Gasteiger partial charge in [0, 0.05) is 29.9 Å². The fourth-order valence-corrected chi connectivity index (χ4v) is 2.21. The van der Waals surface area contributed by atoms with Gasteiger partial charge in [0.1, 0.15) is 0 Å². The minimum absolute atomic E-state index is 0.000646. The molecule has 0 atom stereocenters. The van der Waals surface area contributed by atoms with Crippen molar-refractivity contribution in [3.05, 3.63) is 59.7 Å². The normalized spacial score (nSPS) is 11.0. The van der Waals surface area contributed by atoms with Crippen molar-refractivity contribution >= 4 is 23.1 Å². The van der Waals surface area contributed by atoms with Gasteiger partial charge in [-0.25, -0.2) is 0 Å². The molecule has 4 nitrogen and oxygen atoms in total. The number of carbonyl (C=O) groups excluding carboxylic acids is 2. The average Bonchev–Trinajstić information content (AvgIpc) is 2.55. The molecule has 0 aromatic heterocycles. The summed E-state index contributed by atoms with van der Waals surface area (Å²) in [5.41, 5.74) is 0.220. The maximum atomic E-state index is 12.9. The Morgan fingerprint density at radius 3 is 2.24 bits per heavy atom. The molecule has 0 radical (unpaired) electrons. The van der Waals surface area contributed by atoms with E-state index in [-0.39, 0.29) is 30.3 Å². The average molecular weight is 350 g/mol. The summed E-state index contributed by atoms with van der Waals surface area (Å²) < 4.78 is 38.6. The molecule has 0 spiro atoms. The number of amides is 1. The van der Waals surface area contributed by atoms with Gasteiger partial charge in [0.15, 0.2) is 5.78 Å². The highest BCUT2D eigenvalue weighted by molar-refractivity contribution is 5.95. The van der Waals surface area contributed by atoms with Crippen LogP contribution in [0.1, 0.15) is 29.3 Å². The van der Waals surface area contributed by atoms with Gasteiger partial charge in [-0.2, -0.15) is 13.2 Å². The van der Waals surface area contributed by atoms with E-state index in [2.05, 4.69) is 10.6 Å². The smallest absolute Gasteiger partial charge is 0.384 e. The molecule has 0 fully saturated rings. The lowest BCUT2D eigenvalue weighted by Crippen LogP contribution is -2.17. The summed E-state index contributed by atoms with van der Waals surface area (Å²) in [5.74, 6) is -0.419. The SMILES string of the molecule is CC(=O)c1ccc(NC(=O)CCNc2ccccc2C(F)(F)F)cc1. The first kappa shape index (κ1) is 18.5. The van der Waals surface area contributed by atoms with E-state index in [1.54, 1.807) is 24.3 Å². The molecule has 0 saturated heterocycles. The minimum Gasteiger partial charge on any atom is -0.384 e. The lowest BCUT2D eigenvalue weighted by Gasteiger charge is -2.14. The zero-order chi connectivity index (χ0) is 18.4. The Labute approximate surface area is 143 Å². The number of rotatable bonds is 6. The number of nitrogens with one attached hydrogen (secondary N) is 2. The van der Waals surface area contributed by atoms with Crippen LogP contribution in [0, 0.1) is 0 Å². The number of para-hydroxylation sites is 1. The molecule has 0 bridgehead atoms. The Bertz CT molecular complexity index is 756. The van der Waals surface area contributed by atoms with E-state index < -0.39 is 11.7 Å². The van der Waals surface area contributed by atoms with E-state index in [0.29, 0.717) is 11.3 Å². The van der Waals surface area contributed by atoms with Gasteiger partial charge in [-0.3, -0.25) is 9.59 Å². The maximum Gasteiger partial charge on any atom is 0.418 e. The Balaban J connectivity index is 1.88. The summed E-state index contributed by atoms with van der Waals surface area (Å²) in [5, 5.41) is 5.26. The first-order valence-electron chi connectivity index (χ1n) is 7.58. The second-order valence-electron chi connectivity index (χ2n) is 5.40. The van der Waals surface area contributed by atoms with Crippen LogP contribution in [0.25, 0.3) is 0 Å². The second-order valence-corrected chi connectivity index (χ2v) is 5.40. The fourth-order valence-electron chi connectivity index (χ4n) is 2.21. The fraction of sp³-hybridized carbons (Fsp3) is 0.222. The van der Waals surface area contributed by atoms with Crippen LogP contribution in [0.4, 0.5) is 24.5 Å². The van der Waals surface area contributed by atoms with Crippen molar-refractivity contribution in [2.75, 3.05) is 17.2 Å². The molecular weight excluding hydrogens is 333 g/mol. The third-order valence-electron chi connectivity index (χ3n) is 3.48. The van der Waals surface area contributed by atoms with Gasteiger partial charge in [-0.15, -0.1) is 0 Å². The Morgan fingerprint density at radius 1 is 1.00 bits per heavy atom. The van der Waals surface area contributed by atoms with Crippen molar-refractivity contribution in [1.82, 2.24) is 0 Å². The quantitative estimate of drug-likeness (QED) is 0.762. The highest BCUT2D eigenvalue weighted by Crippen LogP contribution is 2.34. The molecule has 0 aliphatic heterocycles. The Morgan fingerprint density at radius 2 is 1.64 bits per heavy atom. The zero-order valence-corrected chi connectivity index (χ0v) is 13.5. The molecule has 7 heteroatoms. The van der Waals surface area contributed by atoms with Gasteiger partial charge in [0.2, 0.25) is 5.91 Å². The van der Waals surface area contributed by atoms with Crippen molar-refractivity contribution in [2.45, 2.75) is 19.5 Å². The van der Waals surface area contributed by atoms with Gasteiger partial charge in [-0.05, 0) is 43.3 Å². The molecule has 1 amide bonds. The number of anilines is 2. The maximum absolute atomic E-state index is 12.9. The summed E-state index contributed by atoms with van der Waals surface area (Å²) in [6.07, 6.45) is -4.45. The zero-order valence-electron chi connectivity index (χ0n) is 13.5. The van der Waals surface area contributed by atoms with Crippen molar-refractivity contribution in [3.63, 3.8) is 0 Å². The lowest BCUT2D eigenvalue weighted by molar-refractivity contribution is -0.137. The second kappa shape index (κ2) is 7.83. The van der Waals surface area contributed by atoms with E-state index >= 15 is 0 Å². The highest BCUT2D eigenvalue weighted by Gasteiger charge is 2.32. The van der Waals surface area contributed by atoms with Crippen molar-refractivity contribution in [3.8, 4) is 0 Å². The first-order chi connectivity index (χ1) is 11.8. The molecule has 25 heavy (non-hydrogen) atoms. The lowest BCUT2D eigenvalue weighted by atomic mass is 10.1. The van der Waals surface area contributed by atoms with Crippen LogP contribution in [0.3, 0.4) is 0 Å². The number of Topliss-reactive ketones (excluding diaryl/α,β-unsaturated/α-hetero) is 1. The number of alkyl halides is 3. The molecule has 0 saturated carbocycles. The molecule has 2 aromatic rings. The van der Waals surface area contributed by atoms with E-state index in [1.165, 1.54) is 25.1 Å². The number of hydrogen-bond acceptors (Lipinski definition) is 3. The van der Waals surface area contributed by atoms with Crippen molar-refractivity contribution in [1.29, 1.82) is 0 Å². The van der Waals surface area contributed by atoms with Crippen LogP contribution in [-0.4, -0.2) is 18.2 Å². The predicted octanol–water partition coefficient (Wildman–Crippen LogP) is 4.35. The van der Waals surface area contributed by atoms with Crippen LogP contribution < -0.4 is 10.6 Å². The number of hydrogen-bond donors (Lipinski definition) is 2. The molecule has 0 aliphatic rings. The van der Waals surface area contributed by atoms with E-state index in [4.69, 9.17) is 0 Å². The van der Waals surface area contributed by atoms with Crippen LogP contribution in [-0.2, 0) is 11.0 Å². The van der Waals surface area contributed by atoms with Crippen molar-refractivity contribution < 1.29 is 22.8 Å². The molecular formula is C18H17F3N2O2. The largest absolute Gasteiger partial charge is 0.418 e. The third-order valence-corrected chi connectivity index (χ3v) is 3.48. The van der Waals surface area contributed by atoms with Crippen LogP contribution >= 0.6 is 0 Å². The summed E-state index contributed by atoms with van der Waals surface area (Å²) in [6.45, 7) is 1.50.